The van der Waals surface area contributed by atoms with E-state index in [-0.39, 0.29) is 5.71 Å². The Kier molecular flexibility index (Phi) is 7.50. The minimum Gasteiger partial charge on any atom is -0.363 e. The summed E-state index contributed by atoms with van der Waals surface area (Å²) in [6.45, 7) is 0.641. The van der Waals surface area contributed by atoms with Crippen molar-refractivity contribution in [3.8, 4) is 0 Å². The number of carbonyl (C=O) groups is 1. The van der Waals surface area contributed by atoms with E-state index in [1.807, 2.05) is 60.0 Å². The van der Waals surface area contributed by atoms with E-state index in [9.17, 15) is 4.79 Å². The number of oxime groups is 1. The van der Waals surface area contributed by atoms with E-state index in [0.29, 0.717) is 23.7 Å². The van der Waals surface area contributed by atoms with Gasteiger partial charge in [-0.15, -0.1) is 11.3 Å². The number of aldehydes is 1. The molecular weight excluding hydrogens is 470 g/mol. The first-order valence-electron chi connectivity index (χ1n) is 12.0. The van der Waals surface area contributed by atoms with Gasteiger partial charge in [0.1, 0.15) is 11.2 Å². The lowest BCUT2D eigenvalue weighted by atomic mass is 9.77. The number of nitrogens with one attached hydrogen (secondary N) is 1. The van der Waals surface area contributed by atoms with Gasteiger partial charge in [-0.05, 0) is 29.5 Å². The number of hydrogen-bond donors (Lipinski definition) is 1. The molecule has 0 amide bonds. The molecule has 1 fully saturated rings. The number of aromatic nitrogens is 1. The molecule has 1 aliphatic rings. The molecule has 1 saturated heterocycles. The number of rotatable bonds is 9. The van der Waals surface area contributed by atoms with Crippen LogP contribution in [0.15, 0.2) is 102 Å². The van der Waals surface area contributed by atoms with E-state index >= 15 is 0 Å². The molecule has 2 heterocycles. The Balaban J connectivity index is 1.53. The fourth-order valence-electron chi connectivity index (χ4n) is 4.43. The van der Waals surface area contributed by atoms with Crippen molar-refractivity contribution in [2.45, 2.75) is 31.1 Å². The Labute approximate surface area is 214 Å². The number of carbonyl (C=O) groups excluding carboxylic acids is 1. The van der Waals surface area contributed by atoms with Crippen molar-refractivity contribution in [3.63, 3.8) is 0 Å². The number of ether oxygens (including phenoxy) is 1. The quantitative estimate of drug-likeness (QED) is 0.133. The third-order valence-corrected chi connectivity index (χ3v) is 6.96. The number of nitrogens with zero attached hydrogens (tertiary/aromatic N) is 2. The van der Waals surface area contributed by atoms with Crippen LogP contribution in [-0.4, -0.2) is 29.9 Å². The van der Waals surface area contributed by atoms with Gasteiger partial charge in [0.05, 0.1) is 6.61 Å². The Morgan fingerprint density at radius 3 is 2.03 bits per heavy atom. The lowest BCUT2D eigenvalue weighted by Crippen LogP contribution is -2.38. The van der Waals surface area contributed by atoms with Gasteiger partial charge < -0.3 is 14.9 Å². The van der Waals surface area contributed by atoms with Gasteiger partial charge in [-0.25, -0.2) is 4.98 Å². The summed E-state index contributed by atoms with van der Waals surface area (Å²) in [6.07, 6.45) is 3.03. The molecular formula is C29H27N3O3S. The van der Waals surface area contributed by atoms with E-state index < -0.39 is 11.8 Å². The maximum Gasteiger partial charge on any atom is 0.226 e. The number of thiazole rings is 1. The molecule has 182 valence electrons. The molecule has 0 radical (unpaired) electrons. The lowest BCUT2D eigenvalue weighted by Gasteiger charge is -2.36. The van der Waals surface area contributed by atoms with E-state index in [0.717, 1.165) is 36.0 Å². The number of hydrogen-bond acceptors (Lipinski definition) is 7. The molecule has 7 heteroatoms. The van der Waals surface area contributed by atoms with Crippen LogP contribution in [0, 0.1) is 0 Å². The molecule has 0 saturated carbocycles. The molecule has 0 spiro atoms. The molecule has 0 bridgehead atoms. The van der Waals surface area contributed by atoms with Crippen LogP contribution in [0.1, 0.15) is 41.6 Å². The first-order valence-corrected chi connectivity index (χ1v) is 12.9. The van der Waals surface area contributed by atoms with E-state index in [4.69, 9.17) is 14.6 Å². The van der Waals surface area contributed by atoms with E-state index in [2.05, 4.69) is 46.9 Å². The van der Waals surface area contributed by atoms with Gasteiger partial charge >= 0.3 is 0 Å². The second kappa shape index (κ2) is 11.3. The first-order chi connectivity index (χ1) is 17.8. The maximum absolute atomic E-state index is 11.8. The van der Waals surface area contributed by atoms with Crippen LogP contribution in [0.4, 0.5) is 5.13 Å². The summed E-state index contributed by atoms with van der Waals surface area (Å²) in [5, 5.41) is 10.2. The van der Waals surface area contributed by atoms with Crippen molar-refractivity contribution in [2.75, 3.05) is 11.9 Å². The van der Waals surface area contributed by atoms with Gasteiger partial charge in [0.15, 0.2) is 17.1 Å². The molecule has 5 rings (SSSR count). The molecule has 1 atom stereocenters. The van der Waals surface area contributed by atoms with Gasteiger partial charge in [-0.2, -0.15) is 0 Å². The zero-order valence-electron chi connectivity index (χ0n) is 19.7. The fraction of sp³-hybridized carbons (Fsp3) is 0.207. The van der Waals surface area contributed by atoms with E-state index in [1.54, 1.807) is 0 Å². The van der Waals surface area contributed by atoms with Crippen molar-refractivity contribution in [3.05, 3.63) is 119 Å². The summed E-state index contributed by atoms with van der Waals surface area (Å²) in [7, 11) is 0. The monoisotopic (exact) mass is 497 g/mol. The Hall–Kier alpha value is -3.81. The second-order valence-electron chi connectivity index (χ2n) is 8.51. The number of anilines is 1. The predicted molar refractivity (Wildman–Crippen MR) is 142 cm³/mol. The molecule has 4 aromatic rings. The van der Waals surface area contributed by atoms with Crippen LogP contribution in [0.2, 0.25) is 0 Å². The topological polar surface area (TPSA) is 72.8 Å². The number of benzene rings is 3. The first kappa shape index (κ1) is 23.9. The Morgan fingerprint density at radius 2 is 1.53 bits per heavy atom. The zero-order valence-corrected chi connectivity index (χ0v) is 20.6. The minimum atomic E-state index is -0.705. The van der Waals surface area contributed by atoms with Crippen molar-refractivity contribution < 1.29 is 14.4 Å². The van der Waals surface area contributed by atoms with Crippen LogP contribution in [0.25, 0.3) is 0 Å². The van der Waals surface area contributed by atoms with Crippen molar-refractivity contribution in [2.24, 2.45) is 5.16 Å². The summed E-state index contributed by atoms with van der Waals surface area (Å²) < 4.78 is 5.55. The van der Waals surface area contributed by atoms with Crippen LogP contribution in [-0.2, 0) is 19.9 Å². The van der Waals surface area contributed by atoms with Crippen LogP contribution in [0.5, 0.6) is 0 Å². The highest BCUT2D eigenvalue weighted by atomic mass is 32.1. The third kappa shape index (κ3) is 5.08. The summed E-state index contributed by atoms with van der Waals surface area (Å²) in [6, 6.07) is 30.9. The smallest absolute Gasteiger partial charge is 0.226 e. The van der Waals surface area contributed by atoms with Crippen LogP contribution < -0.4 is 5.32 Å². The molecule has 36 heavy (non-hydrogen) atoms. The Morgan fingerprint density at radius 1 is 0.944 bits per heavy atom. The fourth-order valence-corrected chi connectivity index (χ4v) is 5.19. The van der Waals surface area contributed by atoms with Crippen LogP contribution >= 0.6 is 11.3 Å². The molecule has 1 aliphatic heterocycles. The molecule has 0 aliphatic carbocycles. The van der Waals surface area contributed by atoms with Gasteiger partial charge in [-0.3, -0.25) is 4.79 Å². The van der Waals surface area contributed by atoms with Crippen LogP contribution in [0.3, 0.4) is 0 Å². The Bertz CT molecular complexity index is 1190. The second-order valence-corrected chi connectivity index (χ2v) is 9.36. The molecule has 6 nitrogen and oxygen atoms in total. The van der Waals surface area contributed by atoms with Gasteiger partial charge in [0, 0.05) is 11.8 Å². The molecule has 3 aromatic carbocycles. The van der Waals surface area contributed by atoms with Crippen molar-refractivity contribution in [1.29, 1.82) is 0 Å². The summed E-state index contributed by atoms with van der Waals surface area (Å²) in [5.74, 6) is 0. The predicted octanol–water partition coefficient (Wildman–Crippen LogP) is 5.99. The lowest BCUT2D eigenvalue weighted by molar-refractivity contribution is -0.162. The highest BCUT2D eigenvalue weighted by molar-refractivity contribution is 7.14. The molecule has 1 unspecified atom stereocenters. The minimum absolute atomic E-state index is 0.137. The standard InChI is InChI=1S/C29H27N3O3S/c33-20-25(32-35-27-18-10-11-19-34-27)26-21-36-28(30-26)31-29(22-12-4-1-5-13-22,23-14-6-2-7-15-23)24-16-8-3-9-17-24/h1-9,12-17,20-21,27H,10-11,18-19H2,(H,30,31). The van der Waals surface area contributed by atoms with Gasteiger partial charge in [0.2, 0.25) is 6.29 Å². The van der Waals surface area contributed by atoms with Gasteiger partial charge in [0.25, 0.3) is 0 Å². The summed E-state index contributed by atoms with van der Waals surface area (Å²) >= 11 is 1.42. The van der Waals surface area contributed by atoms with E-state index in [1.165, 1.54) is 11.3 Å². The van der Waals surface area contributed by atoms with Gasteiger partial charge in [-0.1, -0.05) is 96.2 Å². The highest BCUT2D eigenvalue weighted by Crippen LogP contribution is 2.40. The van der Waals surface area contributed by atoms with Crippen molar-refractivity contribution >= 4 is 28.5 Å². The molecule has 1 N–H and O–H groups in total. The summed E-state index contributed by atoms with van der Waals surface area (Å²) in [5.41, 5.74) is 3.10. The highest BCUT2D eigenvalue weighted by Gasteiger charge is 2.37. The SMILES string of the molecule is O=CC(=NOC1CCCCO1)c1csc(NC(c2ccccc2)(c2ccccc2)c2ccccc2)n1. The third-order valence-electron chi connectivity index (χ3n) is 6.20. The zero-order chi connectivity index (χ0) is 24.6. The average molecular weight is 498 g/mol. The largest absolute Gasteiger partial charge is 0.363 e. The normalized spacial score (nSPS) is 16.3. The summed E-state index contributed by atoms with van der Waals surface area (Å²) in [4.78, 5) is 22.0. The maximum atomic E-state index is 11.8. The van der Waals surface area contributed by atoms with Crippen molar-refractivity contribution in [1.82, 2.24) is 4.98 Å². The molecule has 1 aromatic heterocycles. The average Bonchev–Trinajstić information content (AvgIpc) is 3.42.